The van der Waals surface area contributed by atoms with Gasteiger partial charge in [0.25, 0.3) is 5.91 Å². The molecule has 0 atom stereocenters. The highest BCUT2D eigenvalue weighted by Crippen LogP contribution is 2.26. The maximum Gasteiger partial charge on any atom is 0.282 e. The van der Waals surface area contributed by atoms with Gasteiger partial charge < -0.3 is 5.32 Å². The Bertz CT molecular complexity index is 1090. The normalized spacial score (nSPS) is 14.8. The highest BCUT2D eigenvalue weighted by molar-refractivity contribution is 7.16. The number of nitrogens with one attached hydrogen (secondary N) is 1. The predicted octanol–water partition coefficient (Wildman–Crippen LogP) is 5.06. The van der Waals surface area contributed by atoms with E-state index in [4.69, 9.17) is 0 Å². The molecule has 1 aliphatic heterocycles. The van der Waals surface area contributed by atoms with Crippen LogP contribution in [0.4, 0.5) is 8.78 Å². The first-order valence-electron chi connectivity index (χ1n) is 10.6. The third-order valence-corrected chi connectivity index (χ3v) is 6.47. The predicted molar refractivity (Wildman–Crippen MR) is 129 cm³/mol. The second-order valence-electron chi connectivity index (χ2n) is 7.80. The molecule has 0 radical (unpaired) electrons. The summed E-state index contributed by atoms with van der Waals surface area (Å²) in [6, 6.07) is 13.5. The van der Waals surface area contributed by atoms with Gasteiger partial charge in [0, 0.05) is 24.7 Å². The number of carbonyl (C=O) groups excluding carboxylic acids is 1. The van der Waals surface area contributed by atoms with Gasteiger partial charge in [0.15, 0.2) is 5.01 Å². The van der Waals surface area contributed by atoms with Crippen LogP contribution in [0.1, 0.15) is 28.2 Å². The number of likely N-dealkylation sites (tertiary alicyclic amines) is 1. The highest BCUT2D eigenvalue weighted by atomic mass is 35.5. The summed E-state index contributed by atoms with van der Waals surface area (Å²) in [5.74, 6) is -1.29. The largest absolute Gasteiger partial charge is 0.350 e. The van der Waals surface area contributed by atoms with Gasteiger partial charge in [0.2, 0.25) is 5.01 Å². The standard InChI is InChI=1S/C24H24F2N4OS.ClH/c25-19-8-9-20(21(26)15-19)23-28-29-24(32-23)22(31)27-16-18-10-13-30(14-11-18)12-4-7-17-5-2-1-3-6-17;/h1-9,15,18H,10-14,16H2,(H,27,31);1H/b7-4+;. The molecule has 1 saturated heterocycles. The number of halogens is 3. The maximum atomic E-state index is 13.9. The first kappa shape index (κ1) is 25.0. The highest BCUT2D eigenvalue weighted by Gasteiger charge is 2.21. The van der Waals surface area contributed by atoms with Crippen LogP contribution in [0.2, 0.25) is 0 Å². The molecular formula is C24H25ClF2N4OS. The van der Waals surface area contributed by atoms with Gasteiger partial charge in [0.05, 0.1) is 0 Å². The number of amides is 1. The summed E-state index contributed by atoms with van der Waals surface area (Å²) in [7, 11) is 0. The van der Waals surface area contributed by atoms with Crippen molar-refractivity contribution < 1.29 is 13.6 Å². The number of benzene rings is 2. The molecule has 2 heterocycles. The summed E-state index contributed by atoms with van der Waals surface area (Å²) in [6.07, 6.45) is 6.36. The van der Waals surface area contributed by atoms with Crippen LogP contribution in [0.25, 0.3) is 16.6 Å². The summed E-state index contributed by atoms with van der Waals surface area (Å²) in [6.45, 7) is 3.48. The molecule has 1 aromatic heterocycles. The van der Waals surface area contributed by atoms with Crippen molar-refractivity contribution in [3.63, 3.8) is 0 Å². The van der Waals surface area contributed by atoms with Crippen molar-refractivity contribution in [2.24, 2.45) is 5.92 Å². The molecule has 1 fully saturated rings. The summed E-state index contributed by atoms with van der Waals surface area (Å²) in [5.41, 5.74) is 1.34. The Kier molecular flexibility index (Phi) is 9.05. The molecule has 1 N–H and O–H groups in total. The molecule has 0 spiro atoms. The first-order valence-corrected chi connectivity index (χ1v) is 11.4. The molecular weight excluding hydrogens is 466 g/mol. The Labute approximate surface area is 202 Å². The minimum atomic E-state index is -0.724. The fourth-order valence-corrected chi connectivity index (χ4v) is 4.46. The SMILES string of the molecule is Cl.O=C(NCC1CCN(C/C=C/c2ccccc2)CC1)c1nnc(-c2ccc(F)cc2F)s1. The van der Waals surface area contributed by atoms with Crippen LogP contribution in [0.15, 0.2) is 54.6 Å². The average molecular weight is 491 g/mol. The van der Waals surface area contributed by atoms with Crippen LogP contribution in [0.3, 0.4) is 0 Å². The molecule has 33 heavy (non-hydrogen) atoms. The van der Waals surface area contributed by atoms with Crippen LogP contribution in [0, 0.1) is 17.6 Å². The Hall–Kier alpha value is -2.68. The van der Waals surface area contributed by atoms with E-state index in [2.05, 4.69) is 44.7 Å². The molecule has 0 unspecified atom stereocenters. The molecule has 4 rings (SSSR count). The summed E-state index contributed by atoms with van der Waals surface area (Å²) in [4.78, 5) is 14.8. The number of carbonyl (C=O) groups is 1. The summed E-state index contributed by atoms with van der Waals surface area (Å²) >= 11 is 0.996. The van der Waals surface area contributed by atoms with Gasteiger partial charge >= 0.3 is 0 Å². The van der Waals surface area contributed by atoms with Crippen molar-refractivity contribution in [2.45, 2.75) is 12.8 Å². The molecule has 2 aromatic carbocycles. The van der Waals surface area contributed by atoms with E-state index >= 15 is 0 Å². The van der Waals surface area contributed by atoms with Crippen molar-refractivity contribution >= 4 is 35.7 Å². The third-order valence-electron chi connectivity index (χ3n) is 5.51. The van der Waals surface area contributed by atoms with E-state index in [0.717, 1.165) is 55.9 Å². The van der Waals surface area contributed by atoms with Gasteiger partial charge in [-0.1, -0.05) is 53.8 Å². The van der Waals surface area contributed by atoms with Gasteiger partial charge in [-0.3, -0.25) is 9.69 Å². The zero-order valence-corrected chi connectivity index (χ0v) is 19.5. The van der Waals surface area contributed by atoms with E-state index in [1.807, 2.05) is 18.2 Å². The van der Waals surface area contributed by atoms with E-state index < -0.39 is 11.6 Å². The van der Waals surface area contributed by atoms with Crippen molar-refractivity contribution in [1.29, 1.82) is 0 Å². The Morgan fingerprint density at radius 3 is 2.61 bits per heavy atom. The zero-order chi connectivity index (χ0) is 22.3. The zero-order valence-electron chi connectivity index (χ0n) is 17.9. The number of rotatable bonds is 7. The van der Waals surface area contributed by atoms with Crippen molar-refractivity contribution in [2.75, 3.05) is 26.2 Å². The summed E-state index contributed by atoms with van der Waals surface area (Å²) in [5, 5.41) is 11.1. The van der Waals surface area contributed by atoms with Gasteiger partial charge in [-0.15, -0.1) is 22.6 Å². The van der Waals surface area contributed by atoms with E-state index in [0.29, 0.717) is 12.5 Å². The number of piperidine rings is 1. The van der Waals surface area contributed by atoms with Crippen LogP contribution in [-0.2, 0) is 0 Å². The molecule has 0 bridgehead atoms. The Morgan fingerprint density at radius 2 is 1.88 bits per heavy atom. The average Bonchev–Trinajstić information content (AvgIpc) is 3.29. The van der Waals surface area contributed by atoms with E-state index in [-0.39, 0.29) is 33.9 Å². The van der Waals surface area contributed by atoms with E-state index in [9.17, 15) is 13.6 Å². The molecule has 0 aliphatic carbocycles. The van der Waals surface area contributed by atoms with Gasteiger partial charge in [0.1, 0.15) is 11.6 Å². The van der Waals surface area contributed by atoms with Gasteiger partial charge in [-0.05, 0) is 49.5 Å². The molecule has 5 nitrogen and oxygen atoms in total. The van der Waals surface area contributed by atoms with E-state index in [1.165, 1.54) is 11.6 Å². The van der Waals surface area contributed by atoms with Crippen molar-refractivity contribution in [3.05, 3.63) is 76.8 Å². The maximum absolute atomic E-state index is 13.9. The van der Waals surface area contributed by atoms with Crippen LogP contribution in [-0.4, -0.2) is 47.2 Å². The molecule has 174 valence electrons. The molecule has 1 amide bonds. The molecule has 3 aromatic rings. The Balaban J connectivity index is 0.00000306. The van der Waals surface area contributed by atoms with Crippen molar-refractivity contribution in [3.8, 4) is 10.6 Å². The van der Waals surface area contributed by atoms with Gasteiger partial charge in [-0.25, -0.2) is 8.78 Å². The summed E-state index contributed by atoms with van der Waals surface area (Å²) < 4.78 is 27.0. The first-order chi connectivity index (χ1) is 15.6. The van der Waals surface area contributed by atoms with E-state index in [1.54, 1.807) is 0 Å². The van der Waals surface area contributed by atoms with Crippen LogP contribution in [0.5, 0.6) is 0 Å². The lowest BCUT2D eigenvalue weighted by atomic mass is 9.97. The van der Waals surface area contributed by atoms with Crippen molar-refractivity contribution in [1.82, 2.24) is 20.4 Å². The molecule has 0 saturated carbocycles. The lowest BCUT2D eigenvalue weighted by Crippen LogP contribution is -2.38. The number of hydrogen-bond acceptors (Lipinski definition) is 5. The van der Waals surface area contributed by atoms with Crippen LogP contribution < -0.4 is 5.32 Å². The number of hydrogen-bond donors (Lipinski definition) is 1. The lowest BCUT2D eigenvalue weighted by Gasteiger charge is -2.31. The fraction of sp³-hybridized carbons (Fsp3) is 0.292. The lowest BCUT2D eigenvalue weighted by molar-refractivity contribution is 0.0936. The minimum absolute atomic E-state index is 0. The third kappa shape index (κ3) is 6.90. The smallest absolute Gasteiger partial charge is 0.282 e. The minimum Gasteiger partial charge on any atom is -0.350 e. The van der Waals surface area contributed by atoms with Gasteiger partial charge in [-0.2, -0.15) is 0 Å². The fourth-order valence-electron chi connectivity index (χ4n) is 3.67. The van der Waals surface area contributed by atoms with Crippen LogP contribution >= 0.6 is 23.7 Å². The topological polar surface area (TPSA) is 58.1 Å². The second kappa shape index (κ2) is 12.0. The Morgan fingerprint density at radius 1 is 1.12 bits per heavy atom. The number of aromatic nitrogens is 2. The second-order valence-corrected chi connectivity index (χ2v) is 8.78. The molecule has 9 heteroatoms. The quantitative estimate of drug-likeness (QED) is 0.503. The number of nitrogens with zero attached hydrogens (tertiary/aromatic N) is 3. The monoisotopic (exact) mass is 490 g/mol. The molecule has 1 aliphatic rings.